The van der Waals surface area contributed by atoms with Gasteiger partial charge >= 0.3 is 5.92 Å². The van der Waals surface area contributed by atoms with E-state index in [0.717, 1.165) is 23.9 Å². The number of benzene rings is 1. The van der Waals surface area contributed by atoms with Crippen molar-refractivity contribution in [3.63, 3.8) is 0 Å². The summed E-state index contributed by atoms with van der Waals surface area (Å²) in [5, 5.41) is 3.32. The van der Waals surface area contributed by atoms with Gasteiger partial charge in [-0.25, -0.2) is 13.4 Å². The Balaban J connectivity index is 1.96. The molecule has 1 aliphatic rings. The highest BCUT2D eigenvalue weighted by Gasteiger charge is 2.33. The van der Waals surface area contributed by atoms with Crippen LogP contribution in [-0.2, 0) is 15.8 Å². The lowest BCUT2D eigenvalue weighted by molar-refractivity contribution is 0.00707. The van der Waals surface area contributed by atoms with E-state index in [1.54, 1.807) is 30.3 Å². The lowest BCUT2D eigenvalue weighted by Gasteiger charge is -2.17. The van der Waals surface area contributed by atoms with E-state index in [4.69, 9.17) is 6.11 Å². The molecule has 1 aliphatic carbocycles. The molecule has 1 saturated carbocycles. The zero-order chi connectivity index (χ0) is 22.9. The molecule has 10 heteroatoms. The zero-order valence-electron chi connectivity index (χ0n) is 17.3. The third-order valence-corrected chi connectivity index (χ3v) is 4.75. The Bertz CT molecular complexity index is 1100. The van der Waals surface area contributed by atoms with Crippen LogP contribution in [0.15, 0.2) is 48.0 Å². The molecule has 1 N–H and O–H groups in total. The van der Waals surface area contributed by atoms with Crippen molar-refractivity contribution in [1.82, 2.24) is 15.3 Å². The van der Waals surface area contributed by atoms with Crippen LogP contribution in [-0.4, -0.2) is 36.6 Å². The monoisotopic (exact) mass is 438 g/mol. The highest BCUT2D eigenvalue weighted by Crippen LogP contribution is 2.34. The quantitative estimate of drug-likeness (QED) is 0.678. The van der Waals surface area contributed by atoms with E-state index in [1.165, 1.54) is 0 Å². The molecule has 1 fully saturated rings. The average molecular weight is 438 g/mol. The van der Waals surface area contributed by atoms with Crippen LogP contribution in [0.2, 0.25) is 0 Å². The number of nitrogens with one attached hydrogen (secondary N) is 1. The summed E-state index contributed by atoms with van der Waals surface area (Å²) in [6.07, 6.45) is 4.24. The number of halogens is 2. The van der Waals surface area contributed by atoms with Crippen molar-refractivity contribution in [2.24, 2.45) is 5.92 Å². The molecule has 1 aromatic carbocycles. The number of carbonyl (C=O) groups is 1. The third-order valence-electron chi connectivity index (χ3n) is 4.12. The molecule has 0 bridgehead atoms. The first kappa shape index (κ1) is 20.4. The van der Waals surface area contributed by atoms with Gasteiger partial charge in [-0.1, -0.05) is 24.3 Å². The molecular formula is C20H21F2N3O4S. The molecular weight excluding hydrogens is 416 g/mol. The van der Waals surface area contributed by atoms with Crippen LogP contribution in [0.25, 0.3) is 0 Å². The highest BCUT2D eigenvalue weighted by molar-refractivity contribution is 7.93. The maximum Gasteiger partial charge on any atom is 0.303 e. The van der Waals surface area contributed by atoms with Crippen LogP contribution in [0.5, 0.6) is 11.6 Å². The van der Waals surface area contributed by atoms with E-state index >= 15 is 0 Å². The SMILES string of the molecule is [2H][C@@](/C=C/S(C)(=O)=O)(NC(=O)c1cnc(C(C)(F)F)nc1Oc1ccccc1)C1CC1. The lowest BCUT2D eigenvalue weighted by Crippen LogP contribution is -2.35. The Kier molecular flexibility index (Phi) is 5.76. The van der Waals surface area contributed by atoms with Crippen molar-refractivity contribution in [2.75, 3.05) is 6.26 Å². The molecule has 160 valence electrons. The van der Waals surface area contributed by atoms with Crippen molar-refractivity contribution in [1.29, 1.82) is 0 Å². The Labute approximate surface area is 174 Å². The van der Waals surface area contributed by atoms with Gasteiger partial charge in [0.2, 0.25) is 11.7 Å². The molecule has 3 rings (SSSR count). The van der Waals surface area contributed by atoms with E-state index in [0.29, 0.717) is 19.8 Å². The molecule has 0 radical (unpaired) electrons. The van der Waals surface area contributed by atoms with Gasteiger partial charge in [0.15, 0.2) is 9.84 Å². The van der Waals surface area contributed by atoms with Crippen molar-refractivity contribution < 1.29 is 28.1 Å². The molecule has 0 aliphatic heterocycles. The van der Waals surface area contributed by atoms with E-state index in [9.17, 15) is 22.0 Å². The van der Waals surface area contributed by atoms with Crippen LogP contribution in [0.4, 0.5) is 8.78 Å². The number of rotatable bonds is 8. The number of amides is 1. The number of alkyl halides is 2. The van der Waals surface area contributed by atoms with Crippen molar-refractivity contribution in [3.05, 3.63) is 59.4 Å². The van der Waals surface area contributed by atoms with Gasteiger partial charge < -0.3 is 10.1 Å². The van der Waals surface area contributed by atoms with Crippen molar-refractivity contribution in [2.45, 2.75) is 31.7 Å². The number of para-hydroxylation sites is 1. The van der Waals surface area contributed by atoms with Gasteiger partial charge in [0.25, 0.3) is 5.91 Å². The zero-order valence-corrected chi connectivity index (χ0v) is 17.1. The van der Waals surface area contributed by atoms with Crippen LogP contribution in [0.1, 0.15) is 37.3 Å². The number of sulfone groups is 1. The topological polar surface area (TPSA) is 98.2 Å². The third kappa shape index (κ3) is 6.06. The molecule has 0 saturated heterocycles. The number of hydrogen-bond donors (Lipinski definition) is 1. The molecule has 1 atom stereocenters. The fraction of sp³-hybridized carbons (Fsp3) is 0.350. The number of nitrogens with zero attached hydrogens (tertiary/aromatic N) is 2. The first-order valence-corrected chi connectivity index (χ1v) is 11.0. The molecule has 1 aromatic heterocycles. The van der Waals surface area contributed by atoms with Crippen LogP contribution >= 0.6 is 0 Å². The summed E-state index contributed by atoms with van der Waals surface area (Å²) in [7, 11) is -3.52. The molecule has 30 heavy (non-hydrogen) atoms. The summed E-state index contributed by atoms with van der Waals surface area (Å²) < 4.78 is 64.5. The second kappa shape index (κ2) is 8.47. The predicted molar refractivity (Wildman–Crippen MR) is 106 cm³/mol. The second-order valence-electron chi connectivity index (χ2n) is 7.03. The smallest absolute Gasteiger partial charge is 0.303 e. The fourth-order valence-electron chi connectivity index (χ4n) is 2.48. The summed E-state index contributed by atoms with van der Waals surface area (Å²) in [5.74, 6) is -5.47. The maximum absolute atomic E-state index is 13.7. The van der Waals surface area contributed by atoms with Crippen LogP contribution in [0.3, 0.4) is 0 Å². The minimum absolute atomic E-state index is 0.261. The molecule has 1 heterocycles. The van der Waals surface area contributed by atoms with E-state index in [1.807, 2.05) is 0 Å². The Morgan fingerprint density at radius 1 is 1.37 bits per heavy atom. The minimum Gasteiger partial charge on any atom is -0.438 e. The van der Waals surface area contributed by atoms with Gasteiger partial charge in [0.1, 0.15) is 11.3 Å². The van der Waals surface area contributed by atoms with E-state index < -0.39 is 39.4 Å². The predicted octanol–water partition coefficient (Wildman–Crippen LogP) is 3.45. The highest BCUT2D eigenvalue weighted by atomic mass is 32.2. The average Bonchev–Trinajstić information content (AvgIpc) is 3.52. The Morgan fingerprint density at radius 3 is 2.60 bits per heavy atom. The van der Waals surface area contributed by atoms with Crippen molar-refractivity contribution >= 4 is 15.7 Å². The largest absolute Gasteiger partial charge is 0.438 e. The van der Waals surface area contributed by atoms with Gasteiger partial charge in [0.05, 0.1) is 7.39 Å². The summed E-state index contributed by atoms with van der Waals surface area (Å²) in [5.41, 5.74) is -0.262. The van der Waals surface area contributed by atoms with E-state index in [2.05, 4.69) is 15.3 Å². The number of hydrogen-bond acceptors (Lipinski definition) is 6. The molecule has 2 aromatic rings. The number of aromatic nitrogens is 2. The van der Waals surface area contributed by atoms with Crippen LogP contribution < -0.4 is 10.1 Å². The van der Waals surface area contributed by atoms with Crippen molar-refractivity contribution in [3.8, 4) is 11.6 Å². The molecule has 0 unspecified atom stereocenters. The summed E-state index contributed by atoms with van der Waals surface area (Å²) in [6, 6.07) is 6.46. The summed E-state index contributed by atoms with van der Waals surface area (Å²) >= 11 is 0. The van der Waals surface area contributed by atoms with Gasteiger partial charge in [-0.3, -0.25) is 4.79 Å². The molecule has 7 nitrogen and oxygen atoms in total. The number of ether oxygens (including phenoxy) is 1. The lowest BCUT2D eigenvalue weighted by atomic mass is 10.1. The van der Waals surface area contributed by atoms with Gasteiger partial charge in [-0.15, -0.1) is 0 Å². The normalized spacial score (nSPS) is 17.3. The second-order valence-corrected chi connectivity index (χ2v) is 8.96. The standard InChI is InChI=1S/C20H21F2N3O4S/c1-20(21,22)19-23-12-15(18(25-19)29-14-6-4-3-5-7-14)17(26)24-16(13-8-9-13)10-11-30(2,27)28/h3-7,10-13,16H,8-9H2,1-2H3,(H,24,26)/b11-10+/t16-/m0/s1/i16D. The first-order valence-electron chi connectivity index (χ1n) is 9.57. The van der Waals surface area contributed by atoms with E-state index in [-0.39, 0.29) is 17.2 Å². The summed E-state index contributed by atoms with van der Waals surface area (Å²) in [6.45, 7) is 0.617. The number of carbonyl (C=O) groups excluding carboxylic acids is 1. The van der Waals surface area contributed by atoms with Gasteiger partial charge in [0, 0.05) is 24.8 Å². The van der Waals surface area contributed by atoms with Gasteiger partial charge in [-0.2, -0.15) is 13.8 Å². The molecule has 0 spiro atoms. The van der Waals surface area contributed by atoms with Crippen LogP contribution in [0, 0.1) is 5.92 Å². The summed E-state index contributed by atoms with van der Waals surface area (Å²) in [4.78, 5) is 20.2. The molecule has 1 amide bonds. The Morgan fingerprint density at radius 2 is 2.03 bits per heavy atom. The Hall–Kier alpha value is -2.88. The minimum atomic E-state index is -3.52. The maximum atomic E-state index is 13.7. The fourth-order valence-corrected chi connectivity index (χ4v) is 2.87. The van der Waals surface area contributed by atoms with Gasteiger partial charge in [-0.05, 0) is 30.9 Å². The first-order chi connectivity index (χ1) is 14.4.